The van der Waals surface area contributed by atoms with Crippen LogP contribution in [0.3, 0.4) is 0 Å². The number of carbonyl (C=O) groups excluding carboxylic acids is 1. The highest BCUT2D eigenvalue weighted by Gasteiger charge is 2.42. The molecule has 1 atom stereocenters. The summed E-state index contributed by atoms with van der Waals surface area (Å²) in [6.07, 6.45) is 1.93. The van der Waals surface area contributed by atoms with Crippen molar-refractivity contribution in [3.63, 3.8) is 0 Å². The van der Waals surface area contributed by atoms with Crippen LogP contribution in [0.5, 0.6) is 0 Å². The summed E-state index contributed by atoms with van der Waals surface area (Å²) < 4.78 is 25.6. The third-order valence-electron chi connectivity index (χ3n) is 3.84. The van der Waals surface area contributed by atoms with Crippen molar-refractivity contribution in [2.45, 2.75) is 32.2 Å². The number of aliphatic hydroxyl groups excluding tert-OH is 1. The van der Waals surface area contributed by atoms with Gasteiger partial charge >= 0.3 is 0 Å². The van der Waals surface area contributed by atoms with Gasteiger partial charge in [0.1, 0.15) is 6.04 Å². The minimum Gasteiger partial charge on any atom is -0.396 e. The van der Waals surface area contributed by atoms with Crippen molar-refractivity contribution in [3.05, 3.63) is 0 Å². The van der Waals surface area contributed by atoms with E-state index in [1.807, 2.05) is 6.92 Å². The van der Waals surface area contributed by atoms with E-state index in [9.17, 15) is 13.2 Å². The lowest BCUT2D eigenvalue weighted by atomic mass is 10.00. The van der Waals surface area contributed by atoms with Crippen LogP contribution in [0.4, 0.5) is 0 Å². The number of carbonyl (C=O) groups is 1. The Kier molecular flexibility index (Phi) is 4.47. The molecule has 2 heterocycles. The quantitative estimate of drug-likeness (QED) is 0.750. The van der Waals surface area contributed by atoms with E-state index in [2.05, 4.69) is 0 Å². The van der Waals surface area contributed by atoms with Crippen molar-refractivity contribution in [1.82, 2.24) is 9.21 Å². The average molecular weight is 290 g/mol. The van der Waals surface area contributed by atoms with Crippen LogP contribution in [-0.2, 0) is 14.8 Å². The van der Waals surface area contributed by atoms with Crippen LogP contribution in [0.2, 0.25) is 0 Å². The second-order valence-electron chi connectivity index (χ2n) is 5.38. The van der Waals surface area contributed by atoms with Gasteiger partial charge in [0, 0.05) is 32.2 Å². The number of hydrogen-bond donors (Lipinski definition) is 1. The zero-order chi connectivity index (χ0) is 14.0. The summed E-state index contributed by atoms with van der Waals surface area (Å²) in [6.45, 7) is 3.47. The molecule has 19 heavy (non-hydrogen) atoms. The maximum absolute atomic E-state index is 12.3. The second-order valence-corrected chi connectivity index (χ2v) is 7.42. The predicted octanol–water partition coefficient (Wildman–Crippen LogP) is -0.359. The van der Waals surface area contributed by atoms with Gasteiger partial charge in [0.15, 0.2) is 0 Å². The number of amides is 1. The largest absolute Gasteiger partial charge is 0.396 e. The molecule has 6 nitrogen and oxygen atoms in total. The van der Waals surface area contributed by atoms with Gasteiger partial charge in [-0.15, -0.1) is 0 Å². The summed E-state index contributed by atoms with van der Waals surface area (Å²) >= 11 is 0. The maximum atomic E-state index is 12.3. The Morgan fingerprint density at radius 2 is 2.05 bits per heavy atom. The molecule has 2 saturated heterocycles. The first kappa shape index (κ1) is 14.7. The van der Waals surface area contributed by atoms with E-state index in [0.717, 1.165) is 6.42 Å². The molecule has 0 saturated carbocycles. The summed E-state index contributed by atoms with van der Waals surface area (Å²) in [5.41, 5.74) is 0. The fraction of sp³-hybridized carbons (Fsp3) is 0.917. The van der Waals surface area contributed by atoms with Crippen molar-refractivity contribution in [2.75, 3.05) is 32.0 Å². The maximum Gasteiger partial charge on any atom is 0.241 e. The summed E-state index contributed by atoms with van der Waals surface area (Å²) in [6, 6.07) is -0.517. The lowest BCUT2D eigenvalue weighted by Gasteiger charge is -2.40. The molecular weight excluding hydrogens is 268 g/mol. The standard InChI is InChI=1S/C12H22N2O4S/c1-2-6-19(17,18)14-5-3-4-11(14)12(16)13-7-10(8-13)9-15/h10-11,15H,2-9H2,1H3. The zero-order valence-corrected chi connectivity index (χ0v) is 12.1. The molecule has 1 N–H and O–H groups in total. The van der Waals surface area contributed by atoms with E-state index in [1.54, 1.807) is 4.90 Å². The normalized spacial score (nSPS) is 25.6. The molecule has 2 aliphatic rings. The van der Waals surface area contributed by atoms with E-state index < -0.39 is 16.1 Å². The van der Waals surface area contributed by atoms with Gasteiger partial charge in [0.05, 0.1) is 5.75 Å². The summed E-state index contributed by atoms with van der Waals surface area (Å²) in [7, 11) is -3.30. The van der Waals surface area contributed by atoms with Gasteiger partial charge in [-0.25, -0.2) is 8.42 Å². The lowest BCUT2D eigenvalue weighted by molar-refractivity contribution is -0.141. The number of likely N-dealkylation sites (tertiary alicyclic amines) is 1. The van der Waals surface area contributed by atoms with E-state index >= 15 is 0 Å². The van der Waals surface area contributed by atoms with Gasteiger partial charge in [-0.3, -0.25) is 4.79 Å². The van der Waals surface area contributed by atoms with Crippen LogP contribution in [0.25, 0.3) is 0 Å². The van der Waals surface area contributed by atoms with E-state index in [4.69, 9.17) is 5.11 Å². The van der Waals surface area contributed by atoms with Crippen molar-refractivity contribution >= 4 is 15.9 Å². The summed E-state index contributed by atoms with van der Waals surface area (Å²) in [5, 5.41) is 8.96. The lowest BCUT2D eigenvalue weighted by Crippen LogP contribution is -2.57. The Balaban J connectivity index is 2.01. The van der Waals surface area contributed by atoms with Crippen LogP contribution in [0.1, 0.15) is 26.2 Å². The van der Waals surface area contributed by atoms with Crippen molar-refractivity contribution < 1.29 is 18.3 Å². The predicted molar refractivity (Wildman–Crippen MR) is 71.0 cm³/mol. The molecule has 110 valence electrons. The first-order chi connectivity index (χ1) is 8.99. The molecule has 0 bridgehead atoms. The molecule has 0 aromatic rings. The molecule has 1 unspecified atom stereocenters. The first-order valence-corrected chi connectivity index (χ1v) is 8.49. The molecule has 2 fully saturated rings. The molecule has 1 amide bonds. The van der Waals surface area contributed by atoms with Gasteiger partial charge in [0.2, 0.25) is 15.9 Å². The first-order valence-electron chi connectivity index (χ1n) is 6.88. The van der Waals surface area contributed by atoms with Gasteiger partial charge in [-0.1, -0.05) is 6.92 Å². The van der Waals surface area contributed by atoms with Crippen LogP contribution in [0, 0.1) is 5.92 Å². The number of rotatable bonds is 5. The van der Waals surface area contributed by atoms with E-state index in [-0.39, 0.29) is 24.2 Å². The SMILES string of the molecule is CCCS(=O)(=O)N1CCCC1C(=O)N1CC(CO)C1. The molecule has 0 aliphatic carbocycles. The highest BCUT2D eigenvalue weighted by molar-refractivity contribution is 7.89. The van der Waals surface area contributed by atoms with Crippen LogP contribution in [-0.4, -0.2) is 66.7 Å². The third-order valence-corrected chi connectivity index (χ3v) is 5.91. The fourth-order valence-corrected chi connectivity index (χ4v) is 4.51. The Labute approximate surface area is 114 Å². The summed E-state index contributed by atoms with van der Waals surface area (Å²) in [5.74, 6) is 0.170. The van der Waals surface area contributed by atoms with E-state index in [0.29, 0.717) is 32.5 Å². The molecule has 0 spiro atoms. The fourth-order valence-electron chi connectivity index (χ4n) is 2.77. The van der Waals surface area contributed by atoms with Crippen molar-refractivity contribution in [1.29, 1.82) is 0 Å². The van der Waals surface area contributed by atoms with Gasteiger partial charge in [-0.2, -0.15) is 4.31 Å². The molecule has 0 aromatic heterocycles. The Hall–Kier alpha value is -0.660. The van der Waals surface area contributed by atoms with Gasteiger partial charge in [-0.05, 0) is 19.3 Å². The zero-order valence-electron chi connectivity index (χ0n) is 11.3. The Bertz CT molecular complexity index is 431. The average Bonchev–Trinajstić information content (AvgIpc) is 2.76. The molecular formula is C12H22N2O4S. The van der Waals surface area contributed by atoms with Gasteiger partial charge in [0.25, 0.3) is 0 Å². The van der Waals surface area contributed by atoms with Crippen LogP contribution in [0.15, 0.2) is 0 Å². The second kappa shape index (κ2) is 5.76. The molecule has 2 aliphatic heterocycles. The minimum atomic E-state index is -3.30. The molecule has 0 aromatic carbocycles. The summed E-state index contributed by atoms with van der Waals surface area (Å²) in [4.78, 5) is 13.9. The number of hydrogen-bond acceptors (Lipinski definition) is 4. The van der Waals surface area contributed by atoms with Gasteiger partial charge < -0.3 is 10.0 Å². The molecule has 0 radical (unpaired) electrons. The van der Waals surface area contributed by atoms with Crippen molar-refractivity contribution in [2.24, 2.45) is 5.92 Å². The number of sulfonamides is 1. The van der Waals surface area contributed by atoms with Crippen LogP contribution < -0.4 is 0 Å². The third kappa shape index (κ3) is 2.93. The minimum absolute atomic E-state index is 0.0896. The van der Waals surface area contributed by atoms with E-state index in [1.165, 1.54) is 4.31 Å². The van der Waals surface area contributed by atoms with Crippen LogP contribution >= 0.6 is 0 Å². The number of aliphatic hydroxyl groups is 1. The highest BCUT2D eigenvalue weighted by Crippen LogP contribution is 2.26. The number of nitrogens with zero attached hydrogens (tertiary/aromatic N) is 2. The smallest absolute Gasteiger partial charge is 0.241 e. The monoisotopic (exact) mass is 290 g/mol. The topological polar surface area (TPSA) is 77.9 Å². The Morgan fingerprint density at radius 1 is 1.37 bits per heavy atom. The Morgan fingerprint density at radius 3 is 2.63 bits per heavy atom. The van der Waals surface area contributed by atoms with Crippen molar-refractivity contribution in [3.8, 4) is 0 Å². The highest BCUT2D eigenvalue weighted by atomic mass is 32.2. The molecule has 7 heteroatoms. The molecule has 2 rings (SSSR count).